The lowest BCUT2D eigenvalue weighted by atomic mass is 10.0. The number of amides is 1. The van der Waals surface area contributed by atoms with E-state index in [1.165, 1.54) is 12.8 Å². The number of nitrogens with zero attached hydrogens (tertiary/aromatic N) is 4. The molecular formula is C22H27N5O2. The highest BCUT2D eigenvalue weighted by Gasteiger charge is 2.22. The van der Waals surface area contributed by atoms with Gasteiger partial charge in [0.2, 0.25) is 11.8 Å². The van der Waals surface area contributed by atoms with Gasteiger partial charge in [-0.15, -0.1) is 0 Å². The van der Waals surface area contributed by atoms with Gasteiger partial charge in [-0.25, -0.2) is 4.68 Å². The maximum absolute atomic E-state index is 12.6. The van der Waals surface area contributed by atoms with E-state index in [0.29, 0.717) is 29.9 Å². The zero-order chi connectivity index (χ0) is 20.2. The maximum atomic E-state index is 12.6. The summed E-state index contributed by atoms with van der Waals surface area (Å²) in [4.78, 5) is 16.9. The molecule has 2 heterocycles. The minimum absolute atomic E-state index is 0.0932. The number of hydrogen-bond donors (Lipinski definition) is 1. The van der Waals surface area contributed by atoms with Gasteiger partial charge in [0.05, 0.1) is 11.4 Å². The lowest BCUT2D eigenvalue weighted by Crippen LogP contribution is -2.15. The Bertz CT molecular complexity index is 955. The summed E-state index contributed by atoms with van der Waals surface area (Å²) in [5.41, 5.74) is 1.99. The van der Waals surface area contributed by atoms with E-state index in [1.54, 1.807) is 0 Å². The van der Waals surface area contributed by atoms with Gasteiger partial charge in [-0.3, -0.25) is 4.79 Å². The van der Waals surface area contributed by atoms with Crippen molar-refractivity contribution in [2.24, 2.45) is 0 Å². The van der Waals surface area contributed by atoms with Crippen molar-refractivity contribution in [1.82, 2.24) is 19.9 Å². The molecule has 1 aromatic carbocycles. The molecule has 1 saturated carbocycles. The highest BCUT2D eigenvalue weighted by atomic mass is 16.5. The summed E-state index contributed by atoms with van der Waals surface area (Å²) >= 11 is 0. The maximum Gasteiger partial charge on any atom is 0.227 e. The first-order chi connectivity index (χ1) is 14.1. The van der Waals surface area contributed by atoms with Crippen LogP contribution in [0.2, 0.25) is 0 Å². The number of aryl methyl sites for hydroxylation is 1. The molecule has 1 fully saturated rings. The summed E-state index contributed by atoms with van der Waals surface area (Å²) in [5, 5.41) is 11.8. The molecule has 1 aliphatic carbocycles. The fourth-order valence-electron chi connectivity index (χ4n) is 3.71. The Hall–Kier alpha value is -2.96. The summed E-state index contributed by atoms with van der Waals surface area (Å²) in [6.45, 7) is 4.02. The number of carbonyl (C=O) groups is 1. The van der Waals surface area contributed by atoms with Crippen molar-refractivity contribution in [2.45, 2.75) is 64.2 Å². The third-order valence-electron chi connectivity index (χ3n) is 5.34. The van der Waals surface area contributed by atoms with Crippen LogP contribution in [0.15, 0.2) is 40.9 Å². The van der Waals surface area contributed by atoms with Crippen LogP contribution in [-0.2, 0) is 11.2 Å². The fraction of sp³-hybridized carbons (Fsp3) is 0.455. The van der Waals surface area contributed by atoms with Crippen LogP contribution in [0.3, 0.4) is 0 Å². The zero-order valence-electron chi connectivity index (χ0n) is 17.0. The lowest BCUT2D eigenvalue weighted by Gasteiger charge is -2.08. The zero-order valence-corrected chi connectivity index (χ0v) is 17.0. The average Bonchev–Trinajstić information content (AvgIpc) is 3.47. The van der Waals surface area contributed by atoms with Crippen LogP contribution in [0.4, 0.5) is 5.82 Å². The number of para-hydroxylation sites is 1. The molecular weight excluding hydrogens is 366 g/mol. The Labute approximate surface area is 170 Å². The van der Waals surface area contributed by atoms with Gasteiger partial charge in [-0.1, -0.05) is 50.0 Å². The summed E-state index contributed by atoms with van der Waals surface area (Å²) in [7, 11) is 0. The summed E-state index contributed by atoms with van der Waals surface area (Å²) < 4.78 is 7.06. The van der Waals surface area contributed by atoms with E-state index >= 15 is 0 Å². The molecule has 0 saturated heterocycles. The lowest BCUT2D eigenvalue weighted by molar-refractivity contribution is -0.116. The molecule has 0 bridgehead atoms. The van der Waals surface area contributed by atoms with E-state index in [9.17, 15) is 4.79 Å². The van der Waals surface area contributed by atoms with Crippen LogP contribution in [0.5, 0.6) is 0 Å². The summed E-state index contributed by atoms with van der Waals surface area (Å²) in [6.07, 6.45) is 5.50. The van der Waals surface area contributed by atoms with Crippen LogP contribution in [-0.4, -0.2) is 25.8 Å². The van der Waals surface area contributed by atoms with Crippen molar-refractivity contribution in [2.75, 3.05) is 5.32 Å². The number of nitrogens with one attached hydrogen (secondary N) is 1. The predicted molar refractivity (Wildman–Crippen MR) is 110 cm³/mol. The molecule has 152 valence electrons. The molecule has 0 unspecified atom stereocenters. The smallest absolute Gasteiger partial charge is 0.227 e. The van der Waals surface area contributed by atoms with Crippen LogP contribution >= 0.6 is 0 Å². The average molecular weight is 393 g/mol. The van der Waals surface area contributed by atoms with Crippen LogP contribution in [0, 0.1) is 0 Å². The molecule has 0 aliphatic heterocycles. The van der Waals surface area contributed by atoms with Gasteiger partial charge in [0.15, 0.2) is 5.82 Å². The normalized spacial score (nSPS) is 14.6. The first kappa shape index (κ1) is 19.4. The quantitative estimate of drug-likeness (QED) is 0.634. The van der Waals surface area contributed by atoms with E-state index in [4.69, 9.17) is 9.62 Å². The molecule has 0 radical (unpaired) electrons. The van der Waals surface area contributed by atoms with Gasteiger partial charge in [-0.05, 0) is 25.0 Å². The van der Waals surface area contributed by atoms with Crippen LogP contribution in [0.1, 0.15) is 75.2 Å². The molecule has 1 aliphatic rings. The van der Waals surface area contributed by atoms with Crippen molar-refractivity contribution in [1.29, 1.82) is 0 Å². The Morgan fingerprint density at radius 1 is 1.24 bits per heavy atom. The predicted octanol–water partition coefficient (Wildman–Crippen LogP) is 4.61. The Morgan fingerprint density at radius 2 is 2.00 bits per heavy atom. The minimum Gasteiger partial charge on any atom is -0.339 e. The Balaban J connectivity index is 1.48. The molecule has 7 nitrogen and oxygen atoms in total. The second-order valence-corrected chi connectivity index (χ2v) is 7.93. The SMILES string of the molecule is CC(C)c1noc(CCC(=O)Nc2cc(C3CCCC3)nn2-c2ccccc2)n1. The number of benzene rings is 1. The fourth-order valence-corrected chi connectivity index (χ4v) is 3.71. The van der Waals surface area contributed by atoms with E-state index in [-0.39, 0.29) is 18.2 Å². The topological polar surface area (TPSA) is 85.8 Å². The second-order valence-electron chi connectivity index (χ2n) is 7.93. The first-order valence-corrected chi connectivity index (χ1v) is 10.4. The van der Waals surface area contributed by atoms with Crippen LogP contribution in [0.25, 0.3) is 5.69 Å². The van der Waals surface area contributed by atoms with E-state index in [2.05, 4.69) is 15.5 Å². The third-order valence-corrected chi connectivity index (χ3v) is 5.34. The minimum atomic E-state index is -0.0932. The number of aromatic nitrogens is 4. The Kier molecular flexibility index (Phi) is 5.74. The molecule has 29 heavy (non-hydrogen) atoms. The van der Waals surface area contributed by atoms with Gasteiger partial charge >= 0.3 is 0 Å². The molecule has 0 spiro atoms. The molecule has 0 atom stereocenters. The van der Waals surface area contributed by atoms with Gasteiger partial charge in [0.1, 0.15) is 5.82 Å². The standard InChI is InChI=1S/C22H27N5O2/c1-15(2)22-24-21(29-26-22)13-12-20(28)23-19-14-18(16-8-6-7-9-16)25-27(19)17-10-4-3-5-11-17/h3-5,10-11,14-16H,6-9,12-13H2,1-2H3,(H,23,28). The van der Waals surface area contributed by atoms with Crippen molar-refractivity contribution < 1.29 is 9.32 Å². The molecule has 3 aromatic rings. The molecule has 1 amide bonds. The third kappa shape index (κ3) is 4.55. The van der Waals surface area contributed by atoms with Crippen molar-refractivity contribution in [3.63, 3.8) is 0 Å². The number of rotatable bonds is 7. The number of anilines is 1. The van der Waals surface area contributed by atoms with Gasteiger partial charge in [0, 0.05) is 30.7 Å². The first-order valence-electron chi connectivity index (χ1n) is 10.4. The van der Waals surface area contributed by atoms with Gasteiger partial charge in [-0.2, -0.15) is 10.1 Å². The van der Waals surface area contributed by atoms with Crippen molar-refractivity contribution >= 4 is 11.7 Å². The molecule has 7 heteroatoms. The van der Waals surface area contributed by atoms with Crippen molar-refractivity contribution in [3.8, 4) is 5.69 Å². The van der Waals surface area contributed by atoms with Crippen molar-refractivity contribution in [3.05, 3.63) is 53.8 Å². The largest absolute Gasteiger partial charge is 0.339 e. The van der Waals surface area contributed by atoms with Crippen LogP contribution < -0.4 is 5.32 Å². The second kappa shape index (κ2) is 8.59. The number of carbonyl (C=O) groups excluding carboxylic acids is 1. The highest BCUT2D eigenvalue weighted by Crippen LogP contribution is 2.35. The number of hydrogen-bond acceptors (Lipinski definition) is 5. The van der Waals surface area contributed by atoms with E-state index in [1.807, 2.05) is 54.9 Å². The summed E-state index contributed by atoms with van der Waals surface area (Å²) in [6, 6.07) is 11.9. The summed E-state index contributed by atoms with van der Waals surface area (Å²) in [5.74, 6) is 2.45. The molecule has 2 aromatic heterocycles. The van der Waals surface area contributed by atoms with E-state index in [0.717, 1.165) is 24.2 Å². The van der Waals surface area contributed by atoms with E-state index < -0.39 is 0 Å². The Morgan fingerprint density at radius 3 is 2.69 bits per heavy atom. The highest BCUT2D eigenvalue weighted by molar-refractivity contribution is 5.90. The monoisotopic (exact) mass is 393 g/mol. The molecule has 4 rings (SSSR count). The molecule has 1 N–H and O–H groups in total. The van der Waals surface area contributed by atoms with Gasteiger partial charge in [0.25, 0.3) is 0 Å². The van der Waals surface area contributed by atoms with Gasteiger partial charge < -0.3 is 9.84 Å².